The number of sulfone groups is 1. The fourth-order valence-corrected chi connectivity index (χ4v) is 2.60. The molecule has 0 aliphatic carbocycles. The molecule has 0 aliphatic heterocycles. The summed E-state index contributed by atoms with van der Waals surface area (Å²) in [7, 11) is -3.19. The predicted octanol–water partition coefficient (Wildman–Crippen LogP) is 0.218. The molecule has 0 aliphatic rings. The lowest BCUT2D eigenvalue weighted by atomic mass is 10.0. The van der Waals surface area contributed by atoms with E-state index in [2.05, 4.69) is 10.6 Å². The van der Waals surface area contributed by atoms with E-state index in [4.69, 9.17) is 5.11 Å². The van der Waals surface area contributed by atoms with Gasteiger partial charge in [0.15, 0.2) is 0 Å². The first kappa shape index (κ1) is 17.7. The molecule has 0 spiro atoms. The van der Waals surface area contributed by atoms with Crippen molar-refractivity contribution in [3.05, 3.63) is 0 Å². The van der Waals surface area contributed by atoms with Crippen LogP contribution in [-0.4, -0.2) is 49.6 Å². The first-order valence-corrected chi connectivity index (χ1v) is 8.05. The van der Waals surface area contributed by atoms with E-state index in [9.17, 15) is 18.0 Å². The number of hydrogen-bond acceptors (Lipinski definition) is 4. The SMILES string of the molecule is CC(C)CC(NC(=O)NC(C)CS(C)(=O)=O)C(=O)O. The number of carbonyl (C=O) groups excluding carboxylic acids is 1. The van der Waals surface area contributed by atoms with E-state index >= 15 is 0 Å². The average molecular weight is 294 g/mol. The molecule has 0 aromatic rings. The minimum atomic E-state index is -3.19. The molecule has 0 heterocycles. The molecule has 3 N–H and O–H groups in total. The van der Waals surface area contributed by atoms with Gasteiger partial charge < -0.3 is 15.7 Å². The lowest BCUT2D eigenvalue weighted by molar-refractivity contribution is -0.139. The fraction of sp³-hybridized carbons (Fsp3) is 0.818. The first-order chi connectivity index (χ1) is 8.51. The number of carboxylic acids is 1. The minimum absolute atomic E-state index is 0.120. The predicted molar refractivity (Wildman–Crippen MR) is 71.7 cm³/mol. The number of aliphatic carboxylic acids is 1. The van der Waals surface area contributed by atoms with Crippen LogP contribution in [0.4, 0.5) is 4.79 Å². The Morgan fingerprint density at radius 3 is 2.05 bits per heavy atom. The molecule has 2 unspecified atom stereocenters. The van der Waals surface area contributed by atoms with Gasteiger partial charge in [0.1, 0.15) is 15.9 Å². The summed E-state index contributed by atoms with van der Waals surface area (Å²) in [4.78, 5) is 22.5. The van der Waals surface area contributed by atoms with Gasteiger partial charge in [-0.2, -0.15) is 0 Å². The van der Waals surface area contributed by atoms with Crippen LogP contribution in [0.5, 0.6) is 0 Å². The van der Waals surface area contributed by atoms with Gasteiger partial charge in [-0.3, -0.25) is 0 Å². The maximum Gasteiger partial charge on any atom is 0.326 e. The Balaban J connectivity index is 4.38. The van der Waals surface area contributed by atoms with Crippen molar-refractivity contribution in [1.29, 1.82) is 0 Å². The number of carbonyl (C=O) groups is 2. The van der Waals surface area contributed by atoms with Crippen molar-refractivity contribution >= 4 is 21.8 Å². The number of hydrogen-bond donors (Lipinski definition) is 3. The fourth-order valence-electron chi connectivity index (χ4n) is 1.61. The quantitative estimate of drug-likeness (QED) is 0.621. The Bertz CT molecular complexity index is 419. The van der Waals surface area contributed by atoms with Crippen molar-refractivity contribution in [2.45, 2.75) is 39.3 Å². The Kier molecular flexibility index (Phi) is 6.82. The summed E-state index contributed by atoms with van der Waals surface area (Å²) >= 11 is 0. The highest BCUT2D eigenvalue weighted by molar-refractivity contribution is 7.90. The second-order valence-corrected chi connectivity index (χ2v) is 7.32. The number of amides is 2. The topological polar surface area (TPSA) is 113 Å². The summed E-state index contributed by atoms with van der Waals surface area (Å²) in [6.45, 7) is 5.24. The third-order valence-electron chi connectivity index (χ3n) is 2.24. The standard InChI is InChI=1S/C11H22N2O5S/c1-7(2)5-9(10(14)15)13-11(16)12-8(3)6-19(4,17)18/h7-9H,5-6H2,1-4H3,(H,14,15)(H2,12,13,16). The molecule has 0 saturated heterocycles. The number of carboxylic acid groups (broad SMARTS) is 1. The van der Waals surface area contributed by atoms with Crippen LogP contribution >= 0.6 is 0 Å². The van der Waals surface area contributed by atoms with E-state index in [1.54, 1.807) is 6.92 Å². The summed E-state index contributed by atoms with van der Waals surface area (Å²) in [5.41, 5.74) is 0. The Hall–Kier alpha value is -1.31. The van der Waals surface area contributed by atoms with Crippen LogP contribution in [-0.2, 0) is 14.6 Å². The number of nitrogens with one attached hydrogen (secondary N) is 2. The Morgan fingerprint density at radius 2 is 1.68 bits per heavy atom. The number of urea groups is 1. The van der Waals surface area contributed by atoms with Gasteiger partial charge in [-0.05, 0) is 19.3 Å². The molecular weight excluding hydrogens is 272 g/mol. The molecule has 2 amide bonds. The zero-order chi connectivity index (χ0) is 15.2. The van der Waals surface area contributed by atoms with Crippen LogP contribution in [0.3, 0.4) is 0 Å². The van der Waals surface area contributed by atoms with Gasteiger partial charge in [0, 0.05) is 12.3 Å². The van der Waals surface area contributed by atoms with Gasteiger partial charge >= 0.3 is 12.0 Å². The monoisotopic (exact) mass is 294 g/mol. The van der Waals surface area contributed by atoms with Crippen molar-refractivity contribution in [1.82, 2.24) is 10.6 Å². The zero-order valence-corrected chi connectivity index (χ0v) is 12.5. The van der Waals surface area contributed by atoms with E-state index < -0.39 is 33.9 Å². The second kappa shape index (κ2) is 7.32. The summed E-state index contributed by atoms with van der Waals surface area (Å²) in [6, 6.07) is -2.24. The highest BCUT2D eigenvalue weighted by Gasteiger charge is 2.22. The lowest BCUT2D eigenvalue weighted by Crippen LogP contribution is -2.50. The molecule has 0 aromatic carbocycles. The van der Waals surface area contributed by atoms with Crippen molar-refractivity contribution in [2.24, 2.45) is 5.92 Å². The molecule has 0 rings (SSSR count). The van der Waals surface area contributed by atoms with E-state index in [-0.39, 0.29) is 11.7 Å². The molecule has 2 atom stereocenters. The summed E-state index contributed by atoms with van der Waals surface area (Å²) in [6.07, 6.45) is 1.38. The van der Waals surface area contributed by atoms with Crippen LogP contribution < -0.4 is 10.6 Å². The van der Waals surface area contributed by atoms with Crippen LogP contribution in [0.2, 0.25) is 0 Å². The first-order valence-electron chi connectivity index (χ1n) is 5.98. The lowest BCUT2D eigenvalue weighted by Gasteiger charge is -2.19. The molecule has 0 bridgehead atoms. The van der Waals surface area contributed by atoms with Gasteiger partial charge in [0.05, 0.1) is 5.75 Å². The van der Waals surface area contributed by atoms with E-state index in [1.807, 2.05) is 13.8 Å². The normalized spacial score (nSPS) is 14.8. The van der Waals surface area contributed by atoms with Gasteiger partial charge in [-0.25, -0.2) is 18.0 Å². The highest BCUT2D eigenvalue weighted by Crippen LogP contribution is 2.04. The van der Waals surface area contributed by atoms with E-state index in [0.29, 0.717) is 6.42 Å². The van der Waals surface area contributed by atoms with Crippen molar-refractivity contribution in [2.75, 3.05) is 12.0 Å². The summed E-state index contributed by atoms with van der Waals surface area (Å²) < 4.78 is 22.1. The minimum Gasteiger partial charge on any atom is -0.480 e. The molecule has 19 heavy (non-hydrogen) atoms. The molecule has 0 saturated carbocycles. The van der Waals surface area contributed by atoms with E-state index in [1.165, 1.54) is 0 Å². The second-order valence-electron chi connectivity index (χ2n) is 5.13. The van der Waals surface area contributed by atoms with Crippen molar-refractivity contribution < 1.29 is 23.1 Å². The average Bonchev–Trinajstić information content (AvgIpc) is 2.11. The molecular formula is C11H22N2O5S. The van der Waals surface area contributed by atoms with Crippen molar-refractivity contribution in [3.8, 4) is 0 Å². The maximum atomic E-state index is 11.6. The van der Waals surface area contributed by atoms with Gasteiger partial charge in [0.25, 0.3) is 0 Å². The molecule has 112 valence electrons. The van der Waals surface area contributed by atoms with Crippen LogP contribution in [0.25, 0.3) is 0 Å². The van der Waals surface area contributed by atoms with Crippen LogP contribution in [0.1, 0.15) is 27.2 Å². The van der Waals surface area contributed by atoms with Gasteiger partial charge in [0.2, 0.25) is 0 Å². The van der Waals surface area contributed by atoms with Gasteiger partial charge in [-0.15, -0.1) is 0 Å². The van der Waals surface area contributed by atoms with Gasteiger partial charge in [-0.1, -0.05) is 13.8 Å². The zero-order valence-electron chi connectivity index (χ0n) is 11.6. The van der Waals surface area contributed by atoms with Crippen molar-refractivity contribution in [3.63, 3.8) is 0 Å². The molecule has 0 aromatic heterocycles. The molecule has 0 fully saturated rings. The summed E-state index contributed by atoms with van der Waals surface area (Å²) in [5.74, 6) is -1.18. The summed E-state index contributed by atoms with van der Waals surface area (Å²) in [5, 5.41) is 13.7. The highest BCUT2D eigenvalue weighted by atomic mass is 32.2. The number of rotatable bonds is 7. The maximum absolute atomic E-state index is 11.6. The van der Waals surface area contributed by atoms with Crippen LogP contribution in [0.15, 0.2) is 0 Å². The van der Waals surface area contributed by atoms with Crippen LogP contribution in [0, 0.1) is 5.92 Å². The Morgan fingerprint density at radius 1 is 1.16 bits per heavy atom. The molecule has 8 heteroatoms. The molecule has 0 radical (unpaired) electrons. The molecule has 7 nitrogen and oxygen atoms in total. The Labute approximate surface area is 113 Å². The van der Waals surface area contributed by atoms with E-state index in [0.717, 1.165) is 6.26 Å². The third kappa shape index (κ3) is 9.29. The largest absolute Gasteiger partial charge is 0.480 e. The smallest absolute Gasteiger partial charge is 0.326 e. The third-order valence-corrected chi connectivity index (χ3v) is 3.35.